The first kappa shape index (κ1) is 19.8. The number of hydrogen-bond donors (Lipinski definition) is 0. The summed E-state index contributed by atoms with van der Waals surface area (Å²) in [5.41, 5.74) is 1.11. The molecular formula is C22H33N3O2. The van der Waals surface area contributed by atoms with Gasteiger partial charge in [-0.25, -0.2) is 0 Å². The van der Waals surface area contributed by atoms with Gasteiger partial charge >= 0.3 is 0 Å². The summed E-state index contributed by atoms with van der Waals surface area (Å²) in [5.74, 6) is 1.01. The SMILES string of the molecule is CCCN(Cc1ccncc1)C(=O)[C@H]1CCC(=O)N(CC2CCCCC2)C1. The molecule has 148 valence electrons. The summed E-state index contributed by atoms with van der Waals surface area (Å²) in [5, 5.41) is 0. The molecule has 2 amide bonds. The maximum absolute atomic E-state index is 13.2. The number of carbonyl (C=O) groups excluding carboxylic acids is 2. The van der Waals surface area contributed by atoms with E-state index in [-0.39, 0.29) is 17.7 Å². The van der Waals surface area contributed by atoms with E-state index in [1.807, 2.05) is 21.9 Å². The van der Waals surface area contributed by atoms with Crippen LogP contribution in [0.1, 0.15) is 63.9 Å². The largest absolute Gasteiger partial charge is 0.342 e. The fraction of sp³-hybridized carbons (Fsp3) is 0.682. The van der Waals surface area contributed by atoms with Crippen LogP contribution >= 0.6 is 0 Å². The molecule has 1 aliphatic carbocycles. The number of carbonyl (C=O) groups is 2. The highest BCUT2D eigenvalue weighted by molar-refractivity contribution is 5.84. The number of aromatic nitrogens is 1. The lowest BCUT2D eigenvalue weighted by atomic mass is 9.87. The van der Waals surface area contributed by atoms with E-state index in [9.17, 15) is 9.59 Å². The number of rotatable bonds is 7. The van der Waals surface area contributed by atoms with E-state index >= 15 is 0 Å². The van der Waals surface area contributed by atoms with Crippen LogP contribution in [0.3, 0.4) is 0 Å². The Labute approximate surface area is 163 Å². The van der Waals surface area contributed by atoms with Gasteiger partial charge in [-0.2, -0.15) is 0 Å². The minimum Gasteiger partial charge on any atom is -0.342 e. The normalized spacial score (nSPS) is 21.3. The summed E-state index contributed by atoms with van der Waals surface area (Å²) < 4.78 is 0. The number of amides is 2. The van der Waals surface area contributed by atoms with Gasteiger partial charge in [0.2, 0.25) is 11.8 Å². The molecule has 1 atom stereocenters. The number of likely N-dealkylation sites (tertiary alicyclic amines) is 1. The lowest BCUT2D eigenvalue weighted by Gasteiger charge is -2.37. The topological polar surface area (TPSA) is 53.5 Å². The third-order valence-corrected chi connectivity index (χ3v) is 5.98. The Balaban J connectivity index is 1.61. The third kappa shape index (κ3) is 5.53. The molecule has 0 radical (unpaired) electrons. The van der Waals surface area contributed by atoms with Crippen LogP contribution in [0.15, 0.2) is 24.5 Å². The van der Waals surface area contributed by atoms with Crippen molar-refractivity contribution in [3.8, 4) is 0 Å². The van der Waals surface area contributed by atoms with Crippen molar-refractivity contribution in [2.45, 2.75) is 64.8 Å². The summed E-state index contributed by atoms with van der Waals surface area (Å²) in [6, 6.07) is 3.94. The highest BCUT2D eigenvalue weighted by Gasteiger charge is 2.33. The molecule has 27 heavy (non-hydrogen) atoms. The van der Waals surface area contributed by atoms with E-state index in [2.05, 4.69) is 11.9 Å². The second-order valence-electron chi connectivity index (χ2n) is 8.15. The maximum Gasteiger partial charge on any atom is 0.227 e. The monoisotopic (exact) mass is 371 g/mol. The average Bonchev–Trinajstić information content (AvgIpc) is 2.70. The number of pyridine rings is 1. The van der Waals surface area contributed by atoms with Crippen molar-refractivity contribution in [2.75, 3.05) is 19.6 Å². The van der Waals surface area contributed by atoms with Crippen molar-refractivity contribution in [2.24, 2.45) is 11.8 Å². The summed E-state index contributed by atoms with van der Waals surface area (Å²) in [7, 11) is 0. The Bertz CT molecular complexity index is 613. The van der Waals surface area contributed by atoms with E-state index in [0.717, 1.165) is 25.1 Å². The van der Waals surface area contributed by atoms with Gasteiger partial charge in [0.25, 0.3) is 0 Å². The van der Waals surface area contributed by atoms with E-state index in [1.165, 1.54) is 32.1 Å². The Morgan fingerprint density at radius 3 is 2.63 bits per heavy atom. The van der Waals surface area contributed by atoms with E-state index in [4.69, 9.17) is 0 Å². The molecule has 2 heterocycles. The average molecular weight is 372 g/mol. The highest BCUT2D eigenvalue weighted by Crippen LogP contribution is 2.27. The van der Waals surface area contributed by atoms with Gasteiger partial charge < -0.3 is 9.80 Å². The predicted octanol–water partition coefficient (Wildman–Crippen LogP) is 3.64. The van der Waals surface area contributed by atoms with Crippen LogP contribution < -0.4 is 0 Å². The summed E-state index contributed by atoms with van der Waals surface area (Å²) in [6.45, 7) is 4.94. The number of piperidine rings is 1. The standard InChI is InChI=1S/C22H33N3O2/c1-2-14-24(15-19-10-12-23-13-11-19)22(27)20-8-9-21(26)25(17-20)16-18-6-4-3-5-7-18/h10-13,18,20H,2-9,14-17H2,1H3/t20-/m0/s1. The fourth-order valence-corrected chi connectivity index (χ4v) is 4.48. The lowest BCUT2D eigenvalue weighted by molar-refractivity contribution is -0.144. The molecule has 3 rings (SSSR count). The second kappa shape index (κ2) is 9.86. The zero-order chi connectivity index (χ0) is 19.1. The minimum atomic E-state index is -0.0559. The van der Waals surface area contributed by atoms with Crippen LogP contribution in [0.2, 0.25) is 0 Å². The molecule has 0 unspecified atom stereocenters. The molecule has 1 aliphatic heterocycles. The first-order valence-electron chi connectivity index (χ1n) is 10.6. The Hall–Kier alpha value is -1.91. The van der Waals surface area contributed by atoms with Crippen molar-refractivity contribution in [3.63, 3.8) is 0 Å². The molecular weight excluding hydrogens is 338 g/mol. The summed E-state index contributed by atoms with van der Waals surface area (Å²) >= 11 is 0. The summed E-state index contributed by atoms with van der Waals surface area (Å²) in [4.78, 5) is 33.6. The third-order valence-electron chi connectivity index (χ3n) is 5.98. The van der Waals surface area contributed by atoms with Crippen LogP contribution in [0.5, 0.6) is 0 Å². The molecule has 5 heteroatoms. The van der Waals surface area contributed by atoms with Crippen molar-refractivity contribution in [1.29, 1.82) is 0 Å². The molecule has 2 aliphatic rings. The molecule has 5 nitrogen and oxygen atoms in total. The predicted molar refractivity (Wildman–Crippen MR) is 106 cm³/mol. The van der Waals surface area contributed by atoms with Gasteiger partial charge in [-0.05, 0) is 49.3 Å². The molecule has 0 bridgehead atoms. The zero-order valence-electron chi connectivity index (χ0n) is 16.6. The van der Waals surface area contributed by atoms with Crippen molar-refractivity contribution in [1.82, 2.24) is 14.8 Å². The quantitative estimate of drug-likeness (QED) is 0.735. The van der Waals surface area contributed by atoms with Gasteiger partial charge in [-0.3, -0.25) is 14.6 Å². The van der Waals surface area contributed by atoms with Crippen molar-refractivity contribution >= 4 is 11.8 Å². The van der Waals surface area contributed by atoms with Gasteiger partial charge in [0.15, 0.2) is 0 Å². The zero-order valence-corrected chi connectivity index (χ0v) is 16.6. The molecule has 0 aromatic carbocycles. The minimum absolute atomic E-state index is 0.0559. The summed E-state index contributed by atoms with van der Waals surface area (Å²) in [6.07, 6.45) is 12.0. The van der Waals surface area contributed by atoms with Crippen molar-refractivity contribution in [3.05, 3.63) is 30.1 Å². The molecule has 1 aromatic rings. The molecule has 2 fully saturated rings. The smallest absolute Gasteiger partial charge is 0.227 e. The number of hydrogen-bond acceptors (Lipinski definition) is 3. The molecule has 1 aromatic heterocycles. The molecule has 0 spiro atoms. The van der Waals surface area contributed by atoms with Crippen LogP contribution in [-0.2, 0) is 16.1 Å². The van der Waals surface area contributed by atoms with Gasteiger partial charge in [0, 0.05) is 45.0 Å². The Morgan fingerprint density at radius 1 is 1.19 bits per heavy atom. The van der Waals surface area contributed by atoms with Gasteiger partial charge in [-0.1, -0.05) is 26.2 Å². The van der Waals surface area contributed by atoms with E-state index < -0.39 is 0 Å². The van der Waals surface area contributed by atoms with Crippen LogP contribution in [0.4, 0.5) is 0 Å². The maximum atomic E-state index is 13.2. The Kier molecular flexibility index (Phi) is 7.25. The molecule has 1 saturated heterocycles. The van der Waals surface area contributed by atoms with Gasteiger partial charge in [0.1, 0.15) is 0 Å². The van der Waals surface area contributed by atoms with Crippen LogP contribution in [-0.4, -0.2) is 46.2 Å². The fourth-order valence-electron chi connectivity index (χ4n) is 4.48. The molecule has 1 saturated carbocycles. The highest BCUT2D eigenvalue weighted by atomic mass is 16.2. The Morgan fingerprint density at radius 2 is 1.93 bits per heavy atom. The number of nitrogens with zero attached hydrogens (tertiary/aromatic N) is 3. The van der Waals surface area contributed by atoms with Crippen LogP contribution in [0, 0.1) is 11.8 Å². The second-order valence-corrected chi connectivity index (χ2v) is 8.15. The van der Waals surface area contributed by atoms with E-state index in [1.54, 1.807) is 12.4 Å². The van der Waals surface area contributed by atoms with Gasteiger partial charge in [-0.15, -0.1) is 0 Å². The first-order chi connectivity index (χ1) is 13.2. The van der Waals surface area contributed by atoms with Gasteiger partial charge in [0.05, 0.1) is 5.92 Å². The van der Waals surface area contributed by atoms with E-state index in [0.29, 0.717) is 31.8 Å². The first-order valence-corrected chi connectivity index (χ1v) is 10.6. The van der Waals surface area contributed by atoms with Crippen molar-refractivity contribution < 1.29 is 9.59 Å². The van der Waals surface area contributed by atoms with Crippen LogP contribution in [0.25, 0.3) is 0 Å². The lowest BCUT2D eigenvalue weighted by Crippen LogP contribution is -2.48. The molecule has 0 N–H and O–H groups in total.